The smallest absolute Gasteiger partial charge is 0.183 e. The summed E-state index contributed by atoms with van der Waals surface area (Å²) in [7, 11) is 1.78. The van der Waals surface area contributed by atoms with E-state index in [1.807, 2.05) is 18.2 Å². The van der Waals surface area contributed by atoms with Crippen molar-refractivity contribution in [1.82, 2.24) is 25.0 Å². The van der Waals surface area contributed by atoms with Gasteiger partial charge in [0.25, 0.3) is 0 Å². The molecule has 6 nitrogen and oxygen atoms in total. The van der Waals surface area contributed by atoms with E-state index in [0.29, 0.717) is 22.0 Å². The molecule has 18 heavy (non-hydrogen) atoms. The van der Waals surface area contributed by atoms with Gasteiger partial charge in [-0.2, -0.15) is 0 Å². The van der Waals surface area contributed by atoms with E-state index in [4.69, 9.17) is 11.6 Å². The highest BCUT2D eigenvalue weighted by Crippen LogP contribution is 2.26. The fourth-order valence-electron chi connectivity index (χ4n) is 1.63. The minimum absolute atomic E-state index is 0.584. The van der Waals surface area contributed by atoms with Crippen molar-refractivity contribution in [2.75, 3.05) is 5.32 Å². The van der Waals surface area contributed by atoms with E-state index in [1.54, 1.807) is 17.8 Å². The number of aromatic nitrogens is 5. The van der Waals surface area contributed by atoms with Gasteiger partial charge in [0.15, 0.2) is 17.0 Å². The van der Waals surface area contributed by atoms with Crippen LogP contribution in [0.15, 0.2) is 30.6 Å². The van der Waals surface area contributed by atoms with E-state index < -0.39 is 0 Å². The normalized spacial score (nSPS) is 10.8. The molecule has 0 amide bonds. The maximum absolute atomic E-state index is 6.08. The Balaban J connectivity index is 2.08. The summed E-state index contributed by atoms with van der Waals surface area (Å²) in [5, 5.41) is 11.7. The van der Waals surface area contributed by atoms with Crippen LogP contribution in [0.2, 0.25) is 5.02 Å². The zero-order valence-corrected chi connectivity index (χ0v) is 10.3. The van der Waals surface area contributed by atoms with E-state index >= 15 is 0 Å². The third-order valence-electron chi connectivity index (χ3n) is 2.52. The van der Waals surface area contributed by atoms with Crippen LogP contribution in [0.3, 0.4) is 0 Å². The van der Waals surface area contributed by atoms with Gasteiger partial charge in [0.1, 0.15) is 6.33 Å². The van der Waals surface area contributed by atoms with Gasteiger partial charge in [-0.1, -0.05) is 28.9 Å². The maximum Gasteiger partial charge on any atom is 0.183 e. The monoisotopic (exact) mass is 260 g/mol. The number of nitrogens with zero attached hydrogens (tertiary/aromatic N) is 5. The Morgan fingerprint density at radius 1 is 1.22 bits per heavy atom. The lowest BCUT2D eigenvalue weighted by Crippen LogP contribution is -1.97. The molecule has 2 aromatic heterocycles. The van der Waals surface area contributed by atoms with Crippen molar-refractivity contribution in [3.05, 3.63) is 35.6 Å². The topological polar surface area (TPSA) is 68.5 Å². The molecular weight excluding hydrogens is 252 g/mol. The third kappa shape index (κ3) is 1.76. The number of anilines is 2. The van der Waals surface area contributed by atoms with E-state index in [1.165, 1.54) is 6.33 Å². The minimum atomic E-state index is 0.584. The Kier molecular flexibility index (Phi) is 2.56. The second kappa shape index (κ2) is 4.23. The third-order valence-corrected chi connectivity index (χ3v) is 2.84. The van der Waals surface area contributed by atoms with Gasteiger partial charge in [0.05, 0.1) is 10.7 Å². The highest BCUT2D eigenvalue weighted by molar-refractivity contribution is 6.33. The number of fused-ring (bicyclic) bond motifs is 1. The Morgan fingerprint density at radius 2 is 2.06 bits per heavy atom. The van der Waals surface area contributed by atoms with Gasteiger partial charge in [-0.15, -0.1) is 5.10 Å². The molecule has 1 N–H and O–H groups in total. The Labute approximate surface area is 108 Å². The summed E-state index contributed by atoms with van der Waals surface area (Å²) in [5.74, 6) is 0.584. The lowest BCUT2D eigenvalue weighted by atomic mass is 10.3. The van der Waals surface area contributed by atoms with Crippen molar-refractivity contribution in [2.24, 2.45) is 7.05 Å². The van der Waals surface area contributed by atoms with Crippen molar-refractivity contribution in [1.29, 1.82) is 0 Å². The van der Waals surface area contributed by atoms with Gasteiger partial charge in [-0.3, -0.25) is 0 Å². The number of hydrogen-bond donors (Lipinski definition) is 1. The van der Waals surface area contributed by atoms with Crippen molar-refractivity contribution in [3.8, 4) is 0 Å². The largest absolute Gasteiger partial charge is 0.337 e. The summed E-state index contributed by atoms with van der Waals surface area (Å²) in [4.78, 5) is 8.28. The van der Waals surface area contributed by atoms with Gasteiger partial charge in [-0.05, 0) is 12.1 Å². The highest BCUT2D eigenvalue weighted by Gasteiger charge is 2.10. The lowest BCUT2D eigenvalue weighted by molar-refractivity contribution is 0.729. The molecule has 2 heterocycles. The summed E-state index contributed by atoms with van der Waals surface area (Å²) < 4.78 is 1.59. The first-order chi connectivity index (χ1) is 8.75. The number of nitrogens with one attached hydrogen (secondary N) is 1. The summed E-state index contributed by atoms with van der Waals surface area (Å²) in [6.07, 6.45) is 1.46. The van der Waals surface area contributed by atoms with Gasteiger partial charge >= 0.3 is 0 Å². The number of hydrogen-bond acceptors (Lipinski definition) is 5. The molecule has 0 radical (unpaired) electrons. The lowest BCUT2D eigenvalue weighted by Gasteiger charge is -2.06. The zero-order valence-electron chi connectivity index (χ0n) is 9.50. The van der Waals surface area contributed by atoms with Crippen LogP contribution in [0.4, 0.5) is 11.5 Å². The van der Waals surface area contributed by atoms with Gasteiger partial charge in [0, 0.05) is 7.05 Å². The molecule has 0 saturated carbocycles. The van der Waals surface area contributed by atoms with Crippen molar-refractivity contribution < 1.29 is 0 Å². The molecule has 0 saturated heterocycles. The summed E-state index contributed by atoms with van der Waals surface area (Å²) >= 11 is 6.08. The van der Waals surface area contributed by atoms with Crippen LogP contribution in [-0.2, 0) is 7.05 Å². The average Bonchev–Trinajstić information content (AvgIpc) is 2.76. The van der Waals surface area contributed by atoms with Crippen LogP contribution in [0, 0.1) is 0 Å². The standard InChI is InChI=1S/C11H9ClN6/c1-18-11-9(16-17-18)10(13-6-14-11)15-8-5-3-2-4-7(8)12/h2-6H,1H3,(H,13,14,15). The first-order valence-corrected chi connectivity index (χ1v) is 5.65. The maximum atomic E-state index is 6.08. The molecule has 90 valence electrons. The molecule has 0 fully saturated rings. The highest BCUT2D eigenvalue weighted by atomic mass is 35.5. The van der Waals surface area contributed by atoms with Crippen LogP contribution in [0.25, 0.3) is 11.2 Å². The van der Waals surface area contributed by atoms with Crippen molar-refractivity contribution in [3.63, 3.8) is 0 Å². The fourth-order valence-corrected chi connectivity index (χ4v) is 1.82. The quantitative estimate of drug-likeness (QED) is 0.765. The molecule has 0 aliphatic heterocycles. The second-order valence-corrected chi connectivity index (χ2v) is 4.12. The SMILES string of the molecule is Cn1nnc2c(Nc3ccccc3Cl)ncnc21. The van der Waals surface area contributed by atoms with Gasteiger partial charge in [-0.25, -0.2) is 14.6 Å². The molecule has 0 atom stereocenters. The molecule has 1 aromatic carbocycles. The van der Waals surface area contributed by atoms with E-state index in [9.17, 15) is 0 Å². The fraction of sp³-hybridized carbons (Fsp3) is 0.0909. The number of para-hydroxylation sites is 1. The number of aryl methyl sites for hydroxylation is 1. The molecule has 0 unspecified atom stereocenters. The molecule has 0 bridgehead atoms. The molecule has 0 spiro atoms. The first kappa shape index (κ1) is 10.9. The van der Waals surface area contributed by atoms with Crippen molar-refractivity contribution >= 4 is 34.3 Å². The predicted molar refractivity (Wildman–Crippen MR) is 68.8 cm³/mol. The van der Waals surface area contributed by atoms with Crippen molar-refractivity contribution in [2.45, 2.75) is 0 Å². The van der Waals surface area contributed by atoms with Crippen LogP contribution in [-0.4, -0.2) is 25.0 Å². The number of halogens is 1. The first-order valence-electron chi connectivity index (χ1n) is 5.27. The number of benzene rings is 1. The summed E-state index contributed by atoms with van der Waals surface area (Å²) in [5.41, 5.74) is 2.05. The Morgan fingerprint density at radius 3 is 2.89 bits per heavy atom. The summed E-state index contributed by atoms with van der Waals surface area (Å²) in [6.45, 7) is 0. The molecular formula is C11H9ClN6. The minimum Gasteiger partial charge on any atom is -0.337 e. The Bertz CT molecular complexity index is 708. The predicted octanol–water partition coefficient (Wildman–Crippen LogP) is 2.16. The van der Waals surface area contributed by atoms with Crippen LogP contribution < -0.4 is 5.32 Å². The van der Waals surface area contributed by atoms with E-state index in [0.717, 1.165) is 5.69 Å². The second-order valence-electron chi connectivity index (χ2n) is 3.71. The van der Waals surface area contributed by atoms with E-state index in [2.05, 4.69) is 25.6 Å². The molecule has 0 aliphatic rings. The van der Waals surface area contributed by atoms with Gasteiger partial charge in [0.2, 0.25) is 0 Å². The number of rotatable bonds is 2. The molecule has 3 rings (SSSR count). The van der Waals surface area contributed by atoms with Crippen LogP contribution in [0.1, 0.15) is 0 Å². The average molecular weight is 261 g/mol. The molecule has 0 aliphatic carbocycles. The molecule has 3 aromatic rings. The van der Waals surface area contributed by atoms with Gasteiger partial charge < -0.3 is 5.32 Å². The van der Waals surface area contributed by atoms with E-state index in [-0.39, 0.29) is 0 Å². The van der Waals surface area contributed by atoms with Crippen LogP contribution >= 0.6 is 11.6 Å². The summed E-state index contributed by atoms with van der Waals surface area (Å²) in [6, 6.07) is 7.43. The Hall–Kier alpha value is -2.21. The zero-order chi connectivity index (χ0) is 12.5. The molecule has 7 heteroatoms. The van der Waals surface area contributed by atoms with Crippen LogP contribution in [0.5, 0.6) is 0 Å².